The van der Waals surface area contributed by atoms with Gasteiger partial charge in [0, 0.05) is 17.0 Å². The van der Waals surface area contributed by atoms with Gasteiger partial charge >= 0.3 is 0 Å². The van der Waals surface area contributed by atoms with E-state index in [1.165, 1.54) is 12.1 Å². The molecular formula is C16H15BrF2O. The molecular weight excluding hydrogens is 326 g/mol. The standard InChI is InChI=1S/C16H15BrF2O/c1-9-6-14(17)10(2)5-13(9)16(20)7-11-3-4-12(18)8-15(11)19/h3-6,8,16,20H,7H2,1-2H3. The van der Waals surface area contributed by atoms with Crippen LogP contribution in [0.5, 0.6) is 0 Å². The van der Waals surface area contributed by atoms with Crippen LogP contribution < -0.4 is 0 Å². The zero-order chi connectivity index (χ0) is 14.9. The van der Waals surface area contributed by atoms with Crippen molar-refractivity contribution in [3.05, 3.63) is 68.7 Å². The maximum Gasteiger partial charge on any atom is 0.129 e. The fourth-order valence-corrected chi connectivity index (χ4v) is 2.63. The molecule has 2 aromatic carbocycles. The minimum atomic E-state index is -0.818. The zero-order valence-electron chi connectivity index (χ0n) is 11.3. The Morgan fingerprint density at radius 1 is 1.10 bits per heavy atom. The first kappa shape index (κ1) is 15.1. The summed E-state index contributed by atoms with van der Waals surface area (Å²) in [6, 6.07) is 7.21. The van der Waals surface area contributed by atoms with Crippen molar-refractivity contribution in [2.45, 2.75) is 26.4 Å². The molecule has 1 atom stereocenters. The van der Waals surface area contributed by atoms with Crippen LogP contribution in [0.1, 0.15) is 28.4 Å². The minimum Gasteiger partial charge on any atom is -0.388 e. The molecule has 0 heterocycles. The Bertz CT molecular complexity index is 641. The number of benzene rings is 2. The summed E-state index contributed by atoms with van der Waals surface area (Å²) in [5.41, 5.74) is 3.00. The summed E-state index contributed by atoms with van der Waals surface area (Å²) in [4.78, 5) is 0. The summed E-state index contributed by atoms with van der Waals surface area (Å²) in [5.74, 6) is -1.24. The normalized spacial score (nSPS) is 12.5. The highest BCUT2D eigenvalue weighted by atomic mass is 79.9. The van der Waals surface area contributed by atoms with Crippen molar-refractivity contribution in [1.29, 1.82) is 0 Å². The summed E-state index contributed by atoms with van der Waals surface area (Å²) in [7, 11) is 0. The molecule has 0 amide bonds. The minimum absolute atomic E-state index is 0.119. The molecule has 1 nitrogen and oxygen atoms in total. The van der Waals surface area contributed by atoms with E-state index in [1.807, 2.05) is 26.0 Å². The Morgan fingerprint density at radius 2 is 1.80 bits per heavy atom. The Labute approximate surface area is 125 Å². The van der Waals surface area contributed by atoms with Crippen LogP contribution >= 0.6 is 15.9 Å². The molecule has 1 N–H and O–H groups in total. The molecule has 2 aromatic rings. The number of hydrogen-bond donors (Lipinski definition) is 1. The quantitative estimate of drug-likeness (QED) is 0.864. The molecule has 1 unspecified atom stereocenters. The van der Waals surface area contributed by atoms with Gasteiger partial charge in [0.1, 0.15) is 11.6 Å². The molecule has 0 aromatic heterocycles. The lowest BCUT2D eigenvalue weighted by Crippen LogP contribution is -2.06. The fraction of sp³-hybridized carbons (Fsp3) is 0.250. The number of rotatable bonds is 3. The van der Waals surface area contributed by atoms with Gasteiger partial charge in [-0.1, -0.05) is 28.1 Å². The van der Waals surface area contributed by atoms with Crippen LogP contribution in [0, 0.1) is 25.5 Å². The predicted molar refractivity (Wildman–Crippen MR) is 78.6 cm³/mol. The fourth-order valence-electron chi connectivity index (χ4n) is 2.17. The van der Waals surface area contributed by atoms with Gasteiger partial charge in [-0.3, -0.25) is 0 Å². The number of aryl methyl sites for hydroxylation is 2. The third-order valence-corrected chi connectivity index (χ3v) is 4.19. The Kier molecular flexibility index (Phi) is 4.55. The maximum absolute atomic E-state index is 13.6. The lowest BCUT2D eigenvalue weighted by molar-refractivity contribution is 0.176. The molecule has 0 aliphatic rings. The average molecular weight is 341 g/mol. The van der Waals surface area contributed by atoms with Gasteiger partial charge in [-0.05, 0) is 48.2 Å². The van der Waals surface area contributed by atoms with Gasteiger partial charge in [0.25, 0.3) is 0 Å². The predicted octanol–water partition coefficient (Wildman–Crippen LogP) is 4.62. The highest BCUT2D eigenvalue weighted by molar-refractivity contribution is 9.10. The first-order valence-corrected chi connectivity index (χ1v) is 7.06. The van der Waals surface area contributed by atoms with Gasteiger partial charge in [0.15, 0.2) is 0 Å². The van der Waals surface area contributed by atoms with Gasteiger partial charge in [0.05, 0.1) is 6.10 Å². The van der Waals surface area contributed by atoms with Gasteiger partial charge < -0.3 is 5.11 Å². The SMILES string of the molecule is Cc1cc(C(O)Cc2ccc(F)cc2F)c(C)cc1Br. The second-order valence-electron chi connectivity index (χ2n) is 4.91. The topological polar surface area (TPSA) is 20.2 Å². The van der Waals surface area contributed by atoms with Crippen LogP contribution in [-0.4, -0.2) is 5.11 Å². The van der Waals surface area contributed by atoms with Gasteiger partial charge in [-0.25, -0.2) is 8.78 Å². The Balaban J connectivity index is 2.28. The van der Waals surface area contributed by atoms with Crippen molar-refractivity contribution >= 4 is 15.9 Å². The van der Waals surface area contributed by atoms with E-state index >= 15 is 0 Å². The van der Waals surface area contributed by atoms with Gasteiger partial charge in [0.2, 0.25) is 0 Å². The molecule has 0 spiro atoms. The lowest BCUT2D eigenvalue weighted by Gasteiger charge is -2.16. The van der Waals surface area contributed by atoms with Crippen LogP contribution in [0.4, 0.5) is 8.78 Å². The van der Waals surface area contributed by atoms with E-state index in [9.17, 15) is 13.9 Å². The van der Waals surface area contributed by atoms with Crippen LogP contribution in [0.3, 0.4) is 0 Å². The van der Waals surface area contributed by atoms with E-state index in [2.05, 4.69) is 15.9 Å². The summed E-state index contributed by atoms with van der Waals surface area (Å²) in [6.45, 7) is 3.82. The molecule has 0 aliphatic heterocycles. The Hall–Kier alpha value is -1.26. The Morgan fingerprint density at radius 3 is 2.45 bits per heavy atom. The third kappa shape index (κ3) is 3.25. The number of aliphatic hydroxyl groups excluding tert-OH is 1. The molecule has 0 saturated heterocycles. The van der Waals surface area contributed by atoms with Crippen molar-refractivity contribution in [3.8, 4) is 0 Å². The first-order valence-electron chi connectivity index (χ1n) is 6.27. The van der Waals surface area contributed by atoms with Crippen molar-refractivity contribution in [1.82, 2.24) is 0 Å². The van der Waals surface area contributed by atoms with Crippen LogP contribution in [0.15, 0.2) is 34.8 Å². The molecule has 0 radical (unpaired) electrons. The van der Waals surface area contributed by atoms with Crippen molar-refractivity contribution in [2.24, 2.45) is 0 Å². The monoisotopic (exact) mass is 340 g/mol. The van der Waals surface area contributed by atoms with Crippen molar-refractivity contribution in [2.75, 3.05) is 0 Å². The molecule has 0 bridgehead atoms. The average Bonchev–Trinajstić information content (AvgIpc) is 2.37. The van der Waals surface area contributed by atoms with E-state index < -0.39 is 17.7 Å². The van der Waals surface area contributed by atoms with Gasteiger partial charge in [-0.15, -0.1) is 0 Å². The molecule has 0 aliphatic carbocycles. The molecule has 2 rings (SSSR count). The molecule has 4 heteroatoms. The molecule has 106 valence electrons. The van der Waals surface area contributed by atoms with E-state index in [4.69, 9.17) is 0 Å². The summed E-state index contributed by atoms with van der Waals surface area (Å²) < 4.78 is 27.4. The molecule has 0 saturated carbocycles. The summed E-state index contributed by atoms with van der Waals surface area (Å²) in [5, 5.41) is 10.3. The highest BCUT2D eigenvalue weighted by Gasteiger charge is 2.15. The number of halogens is 3. The summed E-state index contributed by atoms with van der Waals surface area (Å²) >= 11 is 3.43. The molecule has 0 fully saturated rings. The zero-order valence-corrected chi connectivity index (χ0v) is 12.8. The van der Waals surface area contributed by atoms with Crippen LogP contribution in [0.2, 0.25) is 0 Å². The van der Waals surface area contributed by atoms with Gasteiger partial charge in [-0.2, -0.15) is 0 Å². The van der Waals surface area contributed by atoms with Crippen LogP contribution in [-0.2, 0) is 6.42 Å². The number of hydrogen-bond acceptors (Lipinski definition) is 1. The first-order chi connectivity index (χ1) is 9.38. The lowest BCUT2D eigenvalue weighted by atomic mass is 9.96. The van der Waals surface area contributed by atoms with E-state index in [0.717, 1.165) is 27.2 Å². The third-order valence-electron chi connectivity index (χ3n) is 3.33. The number of aliphatic hydroxyl groups is 1. The second-order valence-corrected chi connectivity index (χ2v) is 5.77. The maximum atomic E-state index is 13.6. The van der Waals surface area contributed by atoms with E-state index in [-0.39, 0.29) is 6.42 Å². The van der Waals surface area contributed by atoms with E-state index in [0.29, 0.717) is 5.56 Å². The largest absolute Gasteiger partial charge is 0.388 e. The highest BCUT2D eigenvalue weighted by Crippen LogP contribution is 2.28. The van der Waals surface area contributed by atoms with Crippen LogP contribution in [0.25, 0.3) is 0 Å². The smallest absolute Gasteiger partial charge is 0.129 e. The second kappa shape index (κ2) is 6.02. The molecule has 20 heavy (non-hydrogen) atoms. The van der Waals surface area contributed by atoms with Crippen molar-refractivity contribution < 1.29 is 13.9 Å². The van der Waals surface area contributed by atoms with E-state index in [1.54, 1.807) is 0 Å². The summed E-state index contributed by atoms with van der Waals surface area (Å²) in [6.07, 6.45) is -0.699. The van der Waals surface area contributed by atoms with Crippen molar-refractivity contribution in [3.63, 3.8) is 0 Å².